The largest absolute Gasteiger partial charge is 0.368 e. The Morgan fingerprint density at radius 2 is 1.77 bits per heavy atom. The highest BCUT2D eigenvalue weighted by atomic mass is 19.1. The summed E-state index contributed by atoms with van der Waals surface area (Å²) in [6.45, 7) is 2.50. The summed E-state index contributed by atoms with van der Waals surface area (Å²) in [6.07, 6.45) is 0.532. The number of carbonyl (C=O) groups excluding carboxylic acids is 1. The van der Waals surface area contributed by atoms with Crippen LogP contribution in [0.4, 0.5) is 15.9 Å². The lowest BCUT2D eigenvalue weighted by molar-refractivity contribution is 0.102. The number of nitrogens with one attached hydrogen (secondary N) is 2. The maximum atomic E-state index is 13.6. The van der Waals surface area contributed by atoms with Gasteiger partial charge in [0.15, 0.2) is 5.69 Å². The number of anilines is 2. The second-order valence-corrected chi connectivity index (χ2v) is 5.89. The molecule has 5 nitrogen and oxygen atoms in total. The molecule has 3 rings (SSSR count). The van der Waals surface area contributed by atoms with E-state index in [0.29, 0.717) is 30.0 Å². The van der Waals surface area contributed by atoms with Gasteiger partial charge < -0.3 is 10.6 Å². The van der Waals surface area contributed by atoms with Crippen LogP contribution in [0.3, 0.4) is 0 Å². The Kier molecular flexibility index (Phi) is 5.53. The summed E-state index contributed by atoms with van der Waals surface area (Å²) in [6, 6.07) is 17.4. The zero-order chi connectivity index (χ0) is 18.4. The Labute approximate surface area is 151 Å². The molecule has 1 aromatic heterocycles. The molecule has 0 aliphatic rings. The Morgan fingerprint density at radius 3 is 2.46 bits per heavy atom. The second kappa shape index (κ2) is 8.20. The molecule has 3 aromatic rings. The van der Waals surface area contributed by atoms with Crippen molar-refractivity contribution in [3.63, 3.8) is 0 Å². The van der Waals surface area contributed by atoms with Crippen LogP contribution < -0.4 is 10.6 Å². The molecule has 6 heteroatoms. The van der Waals surface area contributed by atoms with Gasteiger partial charge in [-0.2, -0.15) is 0 Å². The summed E-state index contributed by atoms with van der Waals surface area (Å²) in [7, 11) is 0. The molecule has 0 aliphatic carbocycles. The molecule has 0 bridgehead atoms. The molecule has 132 valence electrons. The van der Waals surface area contributed by atoms with E-state index in [2.05, 4.69) is 20.8 Å². The average Bonchev–Trinajstić information content (AvgIpc) is 2.66. The lowest BCUT2D eigenvalue weighted by Crippen LogP contribution is -2.15. The summed E-state index contributed by atoms with van der Waals surface area (Å²) >= 11 is 0. The number of amides is 1. The van der Waals surface area contributed by atoms with Gasteiger partial charge in [0.25, 0.3) is 5.91 Å². The maximum Gasteiger partial charge on any atom is 0.276 e. The fourth-order valence-corrected chi connectivity index (χ4v) is 2.41. The van der Waals surface area contributed by atoms with Gasteiger partial charge in [-0.25, -0.2) is 4.39 Å². The van der Waals surface area contributed by atoms with E-state index in [-0.39, 0.29) is 17.4 Å². The third-order valence-electron chi connectivity index (χ3n) is 3.86. The minimum absolute atomic E-state index is 0.219. The van der Waals surface area contributed by atoms with Crippen molar-refractivity contribution >= 4 is 17.4 Å². The molecule has 2 aromatic carbocycles. The second-order valence-electron chi connectivity index (χ2n) is 5.89. The van der Waals surface area contributed by atoms with Crippen molar-refractivity contribution in [3.05, 3.63) is 83.3 Å². The molecule has 1 amide bonds. The van der Waals surface area contributed by atoms with E-state index in [9.17, 15) is 9.18 Å². The summed E-state index contributed by atoms with van der Waals surface area (Å²) in [4.78, 5) is 12.2. The average molecular weight is 350 g/mol. The van der Waals surface area contributed by atoms with Gasteiger partial charge >= 0.3 is 0 Å². The summed E-state index contributed by atoms with van der Waals surface area (Å²) in [5.41, 5.74) is 2.69. The zero-order valence-corrected chi connectivity index (χ0v) is 14.4. The number of carbonyl (C=O) groups is 1. The van der Waals surface area contributed by atoms with Gasteiger partial charge in [0, 0.05) is 12.2 Å². The summed E-state index contributed by atoms with van der Waals surface area (Å²) in [5.74, 6) is -0.00371. The highest BCUT2D eigenvalue weighted by Gasteiger charge is 2.09. The highest BCUT2D eigenvalue weighted by Crippen LogP contribution is 2.11. The molecule has 0 unspecified atom stereocenters. The van der Waals surface area contributed by atoms with Gasteiger partial charge in [0.05, 0.1) is 0 Å². The normalized spacial score (nSPS) is 10.4. The predicted octanol–water partition coefficient (Wildman–Crippen LogP) is 3.83. The summed E-state index contributed by atoms with van der Waals surface area (Å²) in [5, 5.41) is 13.8. The van der Waals surface area contributed by atoms with Crippen molar-refractivity contribution in [3.8, 4) is 0 Å². The number of aryl methyl sites for hydroxylation is 1. The first kappa shape index (κ1) is 17.5. The fourth-order valence-electron chi connectivity index (χ4n) is 2.41. The molecule has 1 heterocycles. The topological polar surface area (TPSA) is 66.9 Å². The van der Waals surface area contributed by atoms with E-state index in [1.165, 1.54) is 6.07 Å². The molecule has 0 aliphatic heterocycles. The molecule has 0 radical (unpaired) electrons. The monoisotopic (exact) mass is 350 g/mol. The standard InChI is InChI=1S/C20H19FN4O/c1-14-6-8-16(9-7-14)23-20(26)18-10-11-19(25-24-18)22-13-12-15-4-2-3-5-17(15)21/h2-11H,12-13H2,1H3,(H,22,25)(H,23,26). The van der Waals surface area contributed by atoms with E-state index in [1.54, 1.807) is 30.3 Å². The fraction of sp³-hybridized carbons (Fsp3) is 0.150. The molecular formula is C20H19FN4O. The number of aromatic nitrogens is 2. The van der Waals surface area contributed by atoms with Gasteiger partial charge in [0.1, 0.15) is 11.6 Å². The quantitative estimate of drug-likeness (QED) is 0.709. The van der Waals surface area contributed by atoms with E-state index in [0.717, 1.165) is 5.56 Å². The molecular weight excluding hydrogens is 331 g/mol. The lowest BCUT2D eigenvalue weighted by Gasteiger charge is -2.07. The van der Waals surface area contributed by atoms with Gasteiger partial charge in [-0.05, 0) is 49.2 Å². The van der Waals surface area contributed by atoms with Crippen molar-refractivity contribution in [1.82, 2.24) is 10.2 Å². The van der Waals surface area contributed by atoms with Gasteiger partial charge in [-0.1, -0.05) is 35.9 Å². The summed E-state index contributed by atoms with van der Waals surface area (Å²) < 4.78 is 13.6. The third kappa shape index (κ3) is 4.63. The van der Waals surface area contributed by atoms with Crippen molar-refractivity contribution < 1.29 is 9.18 Å². The molecule has 0 saturated carbocycles. The number of nitrogens with zero attached hydrogens (tertiary/aromatic N) is 2. The lowest BCUT2D eigenvalue weighted by atomic mass is 10.1. The number of hydrogen-bond donors (Lipinski definition) is 2. The Bertz CT molecular complexity index is 879. The predicted molar refractivity (Wildman–Crippen MR) is 99.8 cm³/mol. The van der Waals surface area contributed by atoms with E-state index >= 15 is 0 Å². The van der Waals surface area contributed by atoms with Crippen LogP contribution in [0.25, 0.3) is 0 Å². The minimum atomic E-state index is -0.320. The number of rotatable bonds is 6. The van der Waals surface area contributed by atoms with Crippen LogP contribution >= 0.6 is 0 Å². The highest BCUT2D eigenvalue weighted by molar-refractivity contribution is 6.02. The number of benzene rings is 2. The smallest absolute Gasteiger partial charge is 0.276 e. The van der Waals surface area contributed by atoms with Crippen LogP contribution in [0.2, 0.25) is 0 Å². The minimum Gasteiger partial charge on any atom is -0.368 e. The third-order valence-corrected chi connectivity index (χ3v) is 3.86. The van der Waals surface area contributed by atoms with Crippen LogP contribution in [0.5, 0.6) is 0 Å². The molecule has 26 heavy (non-hydrogen) atoms. The molecule has 0 saturated heterocycles. The molecule has 2 N–H and O–H groups in total. The van der Waals surface area contributed by atoms with E-state index in [4.69, 9.17) is 0 Å². The van der Waals surface area contributed by atoms with Crippen LogP contribution in [-0.4, -0.2) is 22.6 Å². The first-order chi connectivity index (χ1) is 12.6. The maximum absolute atomic E-state index is 13.6. The van der Waals surface area contributed by atoms with Crippen LogP contribution in [-0.2, 0) is 6.42 Å². The number of halogens is 1. The van der Waals surface area contributed by atoms with Crippen LogP contribution in [0.1, 0.15) is 21.6 Å². The van der Waals surface area contributed by atoms with Crippen molar-refractivity contribution in [2.45, 2.75) is 13.3 Å². The Balaban J connectivity index is 1.53. The number of hydrogen-bond acceptors (Lipinski definition) is 4. The van der Waals surface area contributed by atoms with Crippen molar-refractivity contribution in [2.75, 3.05) is 17.2 Å². The first-order valence-electron chi connectivity index (χ1n) is 8.31. The van der Waals surface area contributed by atoms with Gasteiger partial charge in [-0.15, -0.1) is 10.2 Å². The van der Waals surface area contributed by atoms with Crippen molar-refractivity contribution in [2.24, 2.45) is 0 Å². The molecule has 0 atom stereocenters. The van der Waals surface area contributed by atoms with E-state index < -0.39 is 0 Å². The van der Waals surface area contributed by atoms with Gasteiger partial charge in [-0.3, -0.25) is 4.79 Å². The van der Waals surface area contributed by atoms with E-state index in [1.807, 2.05) is 31.2 Å². The van der Waals surface area contributed by atoms with Crippen LogP contribution in [0, 0.1) is 12.7 Å². The van der Waals surface area contributed by atoms with Gasteiger partial charge in [0.2, 0.25) is 0 Å². The SMILES string of the molecule is Cc1ccc(NC(=O)c2ccc(NCCc3ccccc3F)nn2)cc1. The molecule has 0 spiro atoms. The Hall–Kier alpha value is -3.28. The molecule has 0 fully saturated rings. The first-order valence-corrected chi connectivity index (χ1v) is 8.31. The zero-order valence-electron chi connectivity index (χ0n) is 14.4. The Morgan fingerprint density at radius 1 is 1.00 bits per heavy atom. The van der Waals surface area contributed by atoms with Crippen LogP contribution in [0.15, 0.2) is 60.7 Å². The van der Waals surface area contributed by atoms with Crippen molar-refractivity contribution in [1.29, 1.82) is 0 Å².